The normalized spacial score (nSPS) is 16.0. The fraction of sp³-hybridized carbons (Fsp3) is 0.625. The summed E-state index contributed by atoms with van der Waals surface area (Å²) < 4.78 is 6.01. The first-order chi connectivity index (χ1) is 11.2. The molecule has 1 fully saturated rings. The van der Waals surface area contributed by atoms with Crippen molar-refractivity contribution in [2.24, 2.45) is 5.92 Å². The second-order valence-corrected chi connectivity index (χ2v) is 6.92. The van der Waals surface area contributed by atoms with Gasteiger partial charge in [0.25, 0.3) is 0 Å². The zero-order chi connectivity index (χ0) is 17.9. The molecule has 0 radical (unpaired) electrons. The number of aromatic hydroxyl groups is 2. The summed E-state index contributed by atoms with van der Waals surface area (Å²) in [5.41, 5.74) is -0.529. The van der Waals surface area contributed by atoms with Gasteiger partial charge in [0.2, 0.25) is 11.8 Å². The average molecular weight is 340 g/mol. The first-order valence-corrected chi connectivity index (χ1v) is 7.94. The van der Waals surface area contributed by atoms with Crippen molar-refractivity contribution in [3.63, 3.8) is 0 Å². The summed E-state index contributed by atoms with van der Waals surface area (Å²) in [6, 6.07) is 2.45. The van der Waals surface area contributed by atoms with E-state index in [9.17, 15) is 19.8 Å². The number of ether oxygens (including phenoxy) is 1. The topological polar surface area (TPSA) is 101 Å². The van der Waals surface area contributed by atoms with Crippen molar-refractivity contribution < 1.29 is 29.4 Å². The molecule has 0 unspecified atom stereocenters. The van der Waals surface area contributed by atoms with Crippen LogP contribution in [-0.4, -0.2) is 50.6 Å². The summed E-state index contributed by atoms with van der Waals surface area (Å²) in [4.78, 5) is 30.5. The van der Waals surface area contributed by atoms with Gasteiger partial charge < -0.3 is 24.7 Å². The van der Waals surface area contributed by atoms with Crippen LogP contribution in [0.5, 0.6) is 11.8 Å². The van der Waals surface area contributed by atoms with Crippen LogP contribution in [0.3, 0.4) is 0 Å². The molecule has 1 aliphatic rings. The van der Waals surface area contributed by atoms with E-state index in [0.29, 0.717) is 30.7 Å². The highest BCUT2D eigenvalue weighted by atomic mass is 16.7. The highest BCUT2D eigenvalue weighted by Gasteiger charge is 2.28. The summed E-state index contributed by atoms with van der Waals surface area (Å²) in [5, 5.41) is 18.9. The Morgan fingerprint density at radius 2 is 1.71 bits per heavy atom. The molecule has 2 rings (SSSR count). The number of amides is 1. The number of likely N-dealkylation sites (tertiary alicyclic amines) is 1. The van der Waals surface area contributed by atoms with Crippen molar-refractivity contribution >= 4 is 12.1 Å². The van der Waals surface area contributed by atoms with Crippen LogP contribution < -0.4 is 4.84 Å². The van der Waals surface area contributed by atoms with E-state index in [-0.39, 0.29) is 30.2 Å². The summed E-state index contributed by atoms with van der Waals surface area (Å²) in [5.74, 6) is -1.16. The molecular formula is C16H24N2O6. The minimum Gasteiger partial charge on any atom is -0.492 e. The number of piperidine rings is 1. The summed E-state index contributed by atoms with van der Waals surface area (Å²) in [6.07, 6.45) is 1.14. The van der Waals surface area contributed by atoms with Crippen molar-refractivity contribution in [2.45, 2.75) is 45.6 Å². The molecule has 1 aromatic heterocycles. The lowest BCUT2D eigenvalue weighted by molar-refractivity contribution is -0.146. The number of hydrogen-bond acceptors (Lipinski definition) is 6. The fourth-order valence-corrected chi connectivity index (χ4v) is 2.52. The van der Waals surface area contributed by atoms with Crippen molar-refractivity contribution in [1.82, 2.24) is 9.63 Å². The monoisotopic (exact) mass is 340 g/mol. The lowest BCUT2D eigenvalue weighted by Crippen LogP contribution is -2.42. The van der Waals surface area contributed by atoms with E-state index in [2.05, 4.69) is 0 Å². The SMILES string of the molecule is CC(C)(C)OC(=O)N1CCC(CC(=O)On2c(O)ccc2O)CC1. The summed E-state index contributed by atoms with van der Waals surface area (Å²) in [7, 11) is 0. The van der Waals surface area contributed by atoms with E-state index in [0.717, 1.165) is 0 Å². The average Bonchev–Trinajstić information content (AvgIpc) is 2.78. The van der Waals surface area contributed by atoms with Crippen LogP contribution in [0.4, 0.5) is 4.79 Å². The van der Waals surface area contributed by atoms with Gasteiger partial charge in [-0.25, -0.2) is 9.59 Å². The highest BCUT2D eigenvalue weighted by molar-refractivity contribution is 5.70. The molecule has 8 heteroatoms. The zero-order valence-corrected chi connectivity index (χ0v) is 14.2. The quantitative estimate of drug-likeness (QED) is 0.871. The van der Waals surface area contributed by atoms with Gasteiger partial charge in [0.1, 0.15) is 5.60 Å². The Labute approximate surface area is 140 Å². The second kappa shape index (κ2) is 7.02. The Bertz CT molecular complexity index is 577. The van der Waals surface area contributed by atoms with E-state index in [1.165, 1.54) is 12.1 Å². The third-order valence-electron chi connectivity index (χ3n) is 3.71. The van der Waals surface area contributed by atoms with Crippen LogP contribution in [0.15, 0.2) is 12.1 Å². The zero-order valence-electron chi connectivity index (χ0n) is 14.2. The van der Waals surface area contributed by atoms with Crippen LogP contribution >= 0.6 is 0 Å². The summed E-state index contributed by atoms with van der Waals surface area (Å²) >= 11 is 0. The molecule has 8 nitrogen and oxygen atoms in total. The lowest BCUT2D eigenvalue weighted by Gasteiger charge is -2.33. The van der Waals surface area contributed by atoms with E-state index < -0.39 is 11.6 Å². The third kappa shape index (κ3) is 4.81. The molecule has 0 saturated carbocycles. The molecule has 24 heavy (non-hydrogen) atoms. The van der Waals surface area contributed by atoms with Crippen LogP contribution in [-0.2, 0) is 9.53 Å². The van der Waals surface area contributed by atoms with E-state index in [4.69, 9.17) is 9.57 Å². The van der Waals surface area contributed by atoms with Gasteiger partial charge in [-0.15, -0.1) is 4.73 Å². The predicted octanol–water partition coefficient (Wildman–Crippen LogP) is 1.89. The highest BCUT2D eigenvalue weighted by Crippen LogP contribution is 2.23. The Morgan fingerprint density at radius 1 is 1.17 bits per heavy atom. The minimum absolute atomic E-state index is 0.0797. The van der Waals surface area contributed by atoms with Crippen LogP contribution in [0, 0.1) is 5.92 Å². The molecule has 1 amide bonds. The van der Waals surface area contributed by atoms with E-state index in [1.807, 2.05) is 20.8 Å². The molecule has 0 atom stereocenters. The molecule has 1 aromatic rings. The largest absolute Gasteiger partial charge is 0.492 e. The number of hydrogen-bond donors (Lipinski definition) is 2. The van der Waals surface area contributed by atoms with Gasteiger partial charge in [-0.1, -0.05) is 0 Å². The maximum absolute atomic E-state index is 12.0. The van der Waals surface area contributed by atoms with Gasteiger partial charge in [0, 0.05) is 25.2 Å². The Balaban J connectivity index is 1.78. The van der Waals surface area contributed by atoms with Gasteiger partial charge >= 0.3 is 12.1 Å². The van der Waals surface area contributed by atoms with Crippen molar-refractivity contribution in [1.29, 1.82) is 0 Å². The Hall–Kier alpha value is -2.38. The van der Waals surface area contributed by atoms with E-state index in [1.54, 1.807) is 4.90 Å². The molecular weight excluding hydrogens is 316 g/mol. The maximum Gasteiger partial charge on any atom is 0.410 e. The summed E-state index contributed by atoms with van der Waals surface area (Å²) in [6.45, 7) is 6.50. The lowest BCUT2D eigenvalue weighted by atomic mass is 9.94. The Kier molecular flexibility index (Phi) is 5.26. The molecule has 1 saturated heterocycles. The minimum atomic E-state index is -0.549. The molecule has 134 valence electrons. The van der Waals surface area contributed by atoms with Crippen LogP contribution in [0.2, 0.25) is 0 Å². The smallest absolute Gasteiger partial charge is 0.410 e. The third-order valence-corrected chi connectivity index (χ3v) is 3.71. The van der Waals surface area contributed by atoms with Gasteiger partial charge in [0.15, 0.2) is 0 Å². The predicted molar refractivity (Wildman–Crippen MR) is 84.5 cm³/mol. The molecule has 0 spiro atoms. The number of nitrogens with zero attached hydrogens (tertiary/aromatic N) is 2. The van der Waals surface area contributed by atoms with Crippen LogP contribution in [0.1, 0.15) is 40.0 Å². The standard InChI is InChI=1S/C16H24N2O6/c1-16(2,3)23-15(22)17-8-6-11(7-9-17)10-14(21)24-18-12(19)4-5-13(18)20/h4-5,11,19-20H,6-10H2,1-3H3. The molecule has 0 bridgehead atoms. The molecule has 2 heterocycles. The van der Waals surface area contributed by atoms with Crippen molar-refractivity contribution in [2.75, 3.05) is 13.1 Å². The first kappa shape index (κ1) is 18.0. The molecule has 1 aliphatic heterocycles. The van der Waals surface area contributed by atoms with E-state index >= 15 is 0 Å². The first-order valence-electron chi connectivity index (χ1n) is 7.94. The number of rotatable bonds is 3. The van der Waals surface area contributed by atoms with Crippen molar-refractivity contribution in [3.8, 4) is 11.8 Å². The number of aromatic nitrogens is 1. The molecule has 0 aliphatic carbocycles. The Morgan fingerprint density at radius 3 is 2.21 bits per heavy atom. The molecule has 0 aromatic carbocycles. The van der Waals surface area contributed by atoms with Gasteiger partial charge in [-0.2, -0.15) is 0 Å². The van der Waals surface area contributed by atoms with Gasteiger partial charge in [0.05, 0.1) is 6.42 Å². The maximum atomic E-state index is 12.0. The number of carbonyl (C=O) groups is 2. The second-order valence-electron chi connectivity index (χ2n) is 6.92. The molecule has 2 N–H and O–H groups in total. The fourth-order valence-electron chi connectivity index (χ4n) is 2.52. The van der Waals surface area contributed by atoms with Crippen molar-refractivity contribution in [3.05, 3.63) is 12.1 Å². The van der Waals surface area contributed by atoms with Crippen LogP contribution in [0.25, 0.3) is 0 Å². The number of carbonyl (C=O) groups excluding carboxylic acids is 2. The van der Waals surface area contributed by atoms with Gasteiger partial charge in [-0.05, 0) is 39.5 Å². The van der Waals surface area contributed by atoms with Gasteiger partial charge in [-0.3, -0.25) is 0 Å².